The van der Waals surface area contributed by atoms with E-state index in [1.807, 2.05) is 20.0 Å². The number of aryl methyl sites for hydroxylation is 3. The molecule has 3 heterocycles. The molecule has 8 heteroatoms. The summed E-state index contributed by atoms with van der Waals surface area (Å²) in [5, 5.41) is 12.8. The summed E-state index contributed by atoms with van der Waals surface area (Å²) in [5.41, 5.74) is 5.30. The molecule has 3 N–H and O–H groups in total. The van der Waals surface area contributed by atoms with E-state index in [1.54, 1.807) is 4.52 Å². The van der Waals surface area contributed by atoms with Gasteiger partial charge in [0.15, 0.2) is 5.65 Å². The molecule has 25 heavy (non-hydrogen) atoms. The molecule has 8 nitrogen and oxygen atoms in total. The summed E-state index contributed by atoms with van der Waals surface area (Å²) in [6, 6.07) is 1.47. The van der Waals surface area contributed by atoms with Gasteiger partial charge in [-0.15, -0.1) is 0 Å². The Balaban J connectivity index is 1.51. The number of aromatic nitrogens is 5. The Morgan fingerprint density at radius 1 is 1.44 bits per heavy atom. The van der Waals surface area contributed by atoms with Crippen molar-refractivity contribution >= 4 is 11.6 Å². The topological polar surface area (TPSA) is 108 Å². The van der Waals surface area contributed by atoms with Crippen molar-refractivity contribution in [3.05, 3.63) is 50.8 Å². The van der Waals surface area contributed by atoms with Crippen molar-refractivity contribution in [3.8, 4) is 0 Å². The normalized spacial score (nSPS) is 16.8. The highest BCUT2D eigenvalue weighted by atomic mass is 16.2. The number of nitrogens with one attached hydrogen (secondary N) is 3. The van der Waals surface area contributed by atoms with E-state index < -0.39 is 0 Å². The van der Waals surface area contributed by atoms with Crippen LogP contribution in [0.15, 0.2) is 17.1 Å². The average molecular weight is 340 g/mol. The van der Waals surface area contributed by atoms with Gasteiger partial charge in [0, 0.05) is 41.2 Å². The number of fused-ring (bicyclic) bond motifs is 2. The average Bonchev–Trinajstić information content (AvgIpc) is 3.19. The maximum atomic E-state index is 12.6. The fourth-order valence-corrected chi connectivity index (χ4v) is 3.57. The molecule has 0 spiro atoms. The van der Waals surface area contributed by atoms with Crippen LogP contribution in [0.5, 0.6) is 0 Å². The monoisotopic (exact) mass is 340 g/mol. The molecule has 0 bridgehead atoms. The summed E-state index contributed by atoms with van der Waals surface area (Å²) in [5.74, 6) is 0.0144. The molecule has 4 rings (SSSR count). The minimum Gasteiger partial charge on any atom is -0.352 e. The van der Waals surface area contributed by atoms with Crippen LogP contribution < -0.4 is 10.9 Å². The summed E-state index contributed by atoms with van der Waals surface area (Å²) < 4.78 is 1.66. The first-order valence-electron chi connectivity index (χ1n) is 8.39. The Hall–Kier alpha value is -2.90. The summed E-state index contributed by atoms with van der Waals surface area (Å²) in [7, 11) is 0. The Bertz CT molecular complexity index is 1010. The number of hydrogen-bond acceptors (Lipinski definition) is 4. The van der Waals surface area contributed by atoms with Gasteiger partial charge in [0.1, 0.15) is 0 Å². The molecule has 0 saturated carbocycles. The van der Waals surface area contributed by atoms with E-state index in [0.29, 0.717) is 12.2 Å². The van der Waals surface area contributed by atoms with Crippen LogP contribution in [-0.2, 0) is 24.2 Å². The van der Waals surface area contributed by atoms with Gasteiger partial charge in [-0.1, -0.05) is 0 Å². The van der Waals surface area contributed by atoms with Gasteiger partial charge in [-0.05, 0) is 38.7 Å². The van der Waals surface area contributed by atoms with E-state index in [4.69, 9.17) is 0 Å². The molecular weight excluding hydrogens is 320 g/mol. The fourth-order valence-electron chi connectivity index (χ4n) is 3.57. The second-order valence-corrected chi connectivity index (χ2v) is 6.61. The summed E-state index contributed by atoms with van der Waals surface area (Å²) >= 11 is 0. The van der Waals surface area contributed by atoms with Crippen LogP contribution in [0, 0.1) is 19.8 Å². The Morgan fingerprint density at radius 2 is 2.28 bits per heavy atom. The van der Waals surface area contributed by atoms with Crippen molar-refractivity contribution in [1.29, 1.82) is 0 Å². The maximum Gasteiger partial charge on any atom is 0.266 e. The van der Waals surface area contributed by atoms with Crippen LogP contribution >= 0.6 is 0 Å². The zero-order valence-electron chi connectivity index (χ0n) is 14.2. The standard InChI is InChI=1S/C17H20N6O2/c1-9-13(10(2)23-15(20-9)6-16(24)22-23)8-18-17(25)11-3-4-14-12(5-11)7-19-21-14/h6-7,11H,3-5,8H2,1-2H3,(H,18,25)(H,19,21)(H,22,24)/t11-/m1/s1. The van der Waals surface area contributed by atoms with Gasteiger partial charge in [0.25, 0.3) is 5.56 Å². The molecule has 1 amide bonds. The lowest BCUT2D eigenvalue weighted by molar-refractivity contribution is -0.125. The molecule has 0 aliphatic heterocycles. The van der Waals surface area contributed by atoms with Crippen LogP contribution in [0.4, 0.5) is 0 Å². The molecule has 3 aromatic heterocycles. The van der Waals surface area contributed by atoms with Gasteiger partial charge in [0.2, 0.25) is 5.91 Å². The largest absolute Gasteiger partial charge is 0.352 e. The van der Waals surface area contributed by atoms with E-state index in [9.17, 15) is 9.59 Å². The zero-order valence-corrected chi connectivity index (χ0v) is 14.2. The number of amides is 1. The van der Waals surface area contributed by atoms with Gasteiger partial charge < -0.3 is 5.32 Å². The molecule has 0 aromatic carbocycles. The molecule has 0 radical (unpaired) electrons. The Labute approximate surface area is 143 Å². The number of aromatic amines is 2. The fraction of sp³-hybridized carbons (Fsp3) is 0.412. The Kier molecular flexibility index (Phi) is 3.67. The third-order valence-electron chi connectivity index (χ3n) is 5.03. The summed E-state index contributed by atoms with van der Waals surface area (Å²) in [4.78, 5) is 28.5. The first-order valence-corrected chi connectivity index (χ1v) is 8.39. The van der Waals surface area contributed by atoms with E-state index in [0.717, 1.165) is 47.5 Å². The highest BCUT2D eigenvalue weighted by molar-refractivity contribution is 5.79. The van der Waals surface area contributed by atoms with Gasteiger partial charge in [-0.3, -0.25) is 19.8 Å². The first-order chi connectivity index (χ1) is 12.0. The highest BCUT2D eigenvalue weighted by Gasteiger charge is 2.26. The Morgan fingerprint density at radius 3 is 3.12 bits per heavy atom. The molecule has 0 fully saturated rings. The smallest absolute Gasteiger partial charge is 0.266 e. The minimum atomic E-state index is -0.186. The molecule has 0 saturated heterocycles. The lowest BCUT2D eigenvalue weighted by Crippen LogP contribution is -2.34. The molecule has 1 aliphatic carbocycles. The lowest BCUT2D eigenvalue weighted by Gasteiger charge is -2.21. The van der Waals surface area contributed by atoms with Gasteiger partial charge >= 0.3 is 0 Å². The molecule has 1 atom stereocenters. The van der Waals surface area contributed by atoms with Crippen LogP contribution in [0.3, 0.4) is 0 Å². The predicted octanol–water partition coefficient (Wildman–Crippen LogP) is 0.784. The lowest BCUT2D eigenvalue weighted by atomic mass is 9.87. The van der Waals surface area contributed by atoms with Gasteiger partial charge in [-0.25, -0.2) is 9.50 Å². The van der Waals surface area contributed by atoms with Crippen LogP contribution in [0.25, 0.3) is 5.65 Å². The number of nitrogens with zero attached hydrogens (tertiary/aromatic N) is 3. The van der Waals surface area contributed by atoms with Crippen LogP contribution in [0.2, 0.25) is 0 Å². The van der Waals surface area contributed by atoms with Gasteiger partial charge in [0.05, 0.1) is 6.20 Å². The van der Waals surface area contributed by atoms with Crippen molar-refractivity contribution in [2.45, 2.75) is 39.7 Å². The second kappa shape index (κ2) is 5.87. The second-order valence-electron chi connectivity index (χ2n) is 6.61. The van der Waals surface area contributed by atoms with E-state index in [-0.39, 0.29) is 17.4 Å². The van der Waals surface area contributed by atoms with E-state index in [2.05, 4.69) is 25.6 Å². The first kappa shape index (κ1) is 15.6. The molecule has 3 aromatic rings. The van der Waals surface area contributed by atoms with Crippen molar-refractivity contribution in [2.75, 3.05) is 0 Å². The maximum absolute atomic E-state index is 12.6. The number of H-pyrrole nitrogens is 2. The third kappa shape index (κ3) is 2.73. The van der Waals surface area contributed by atoms with Crippen molar-refractivity contribution in [3.63, 3.8) is 0 Å². The molecular formula is C17H20N6O2. The van der Waals surface area contributed by atoms with E-state index >= 15 is 0 Å². The number of rotatable bonds is 3. The number of carbonyl (C=O) groups is 1. The molecule has 1 aliphatic rings. The SMILES string of the molecule is Cc1nc2cc(=O)[nH]n2c(C)c1CNC(=O)[C@@H]1CCc2[nH]ncc2C1. The van der Waals surface area contributed by atoms with Crippen molar-refractivity contribution < 1.29 is 4.79 Å². The highest BCUT2D eigenvalue weighted by Crippen LogP contribution is 2.24. The van der Waals surface area contributed by atoms with Crippen molar-refractivity contribution in [1.82, 2.24) is 30.1 Å². The minimum absolute atomic E-state index is 0.0335. The van der Waals surface area contributed by atoms with Crippen molar-refractivity contribution in [2.24, 2.45) is 5.92 Å². The quantitative estimate of drug-likeness (QED) is 0.655. The molecule has 0 unspecified atom stereocenters. The number of hydrogen-bond donors (Lipinski definition) is 3. The van der Waals surface area contributed by atoms with E-state index in [1.165, 1.54) is 6.07 Å². The van der Waals surface area contributed by atoms with Crippen LogP contribution in [-0.4, -0.2) is 30.7 Å². The van der Waals surface area contributed by atoms with Crippen LogP contribution in [0.1, 0.15) is 34.6 Å². The third-order valence-corrected chi connectivity index (χ3v) is 5.03. The zero-order chi connectivity index (χ0) is 17.6. The number of carbonyl (C=O) groups excluding carboxylic acids is 1. The van der Waals surface area contributed by atoms with Gasteiger partial charge in [-0.2, -0.15) is 5.10 Å². The predicted molar refractivity (Wildman–Crippen MR) is 91.2 cm³/mol. The summed E-state index contributed by atoms with van der Waals surface area (Å²) in [6.07, 6.45) is 4.20. The molecule has 130 valence electrons. The summed E-state index contributed by atoms with van der Waals surface area (Å²) in [6.45, 7) is 4.20.